The standard InChI is InChI=1S/C24H22N4O3S/c1-14-9-10-15(2)19(13-14)28-20(30)12-11-18(27-28)23(31)26-24-25-21(22(32-24)16(3)29)17-7-5-4-6-8-17/h4-10,13H,11-12H2,1-3H3,(H,25,26,31). The molecule has 8 heteroatoms. The molecule has 32 heavy (non-hydrogen) atoms. The Bertz CT molecular complexity index is 1250. The van der Waals surface area contributed by atoms with Crippen LogP contribution in [0, 0.1) is 13.8 Å². The fraction of sp³-hybridized carbons (Fsp3) is 0.208. The van der Waals surface area contributed by atoms with Crippen molar-refractivity contribution in [2.45, 2.75) is 33.6 Å². The third-order valence-corrected chi connectivity index (χ3v) is 6.17. The molecule has 0 bridgehead atoms. The van der Waals surface area contributed by atoms with Gasteiger partial charge in [-0.1, -0.05) is 53.8 Å². The number of aromatic nitrogens is 1. The van der Waals surface area contributed by atoms with Crippen LogP contribution in [0.3, 0.4) is 0 Å². The van der Waals surface area contributed by atoms with E-state index in [1.165, 1.54) is 11.9 Å². The van der Waals surface area contributed by atoms with Crippen LogP contribution in [0.5, 0.6) is 0 Å². The van der Waals surface area contributed by atoms with Crippen molar-refractivity contribution >= 4 is 45.5 Å². The number of nitrogens with one attached hydrogen (secondary N) is 1. The highest BCUT2D eigenvalue weighted by Gasteiger charge is 2.27. The van der Waals surface area contributed by atoms with Gasteiger partial charge in [0.25, 0.3) is 5.91 Å². The molecule has 3 aromatic rings. The monoisotopic (exact) mass is 446 g/mol. The molecule has 2 aromatic carbocycles. The maximum Gasteiger partial charge on any atom is 0.273 e. The summed E-state index contributed by atoms with van der Waals surface area (Å²) in [4.78, 5) is 42.5. The number of amides is 2. The quantitative estimate of drug-likeness (QED) is 0.573. The van der Waals surface area contributed by atoms with Crippen LogP contribution in [-0.2, 0) is 9.59 Å². The summed E-state index contributed by atoms with van der Waals surface area (Å²) in [5.41, 5.74) is 4.14. The molecule has 1 N–H and O–H groups in total. The maximum atomic E-state index is 12.9. The van der Waals surface area contributed by atoms with Gasteiger partial charge in [0.05, 0.1) is 16.3 Å². The van der Waals surface area contributed by atoms with Crippen LogP contribution in [0.25, 0.3) is 11.3 Å². The molecular formula is C24H22N4O3S. The van der Waals surface area contributed by atoms with Crippen molar-refractivity contribution in [1.29, 1.82) is 0 Å². The van der Waals surface area contributed by atoms with Crippen LogP contribution in [0.2, 0.25) is 0 Å². The molecular weight excluding hydrogens is 424 g/mol. The van der Waals surface area contributed by atoms with Crippen LogP contribution in [0.1, 0.15) is 40.6 Å². The normalized spacial score (nSPS) is 13.7. The third kappa shape index (κ3) is 4.36. The molecule has 1 aromatic heterocycles. The van der Waals surface area contributed by atoms with E-state index in [4.69, 9.17) is 0 Å². The SMILES string of the molecule is CC(=O)c1sc(NC(=O)C2=NN(c3cc(C)ccc3C)C(=O)CC2)nc1-c1ccccc1. The first-order chi connectivity index (χ1) is 15.3. The Morgan fingerprint density at radius 3 is 2.53 bits per heavy atom. The number of benzene rings is 2. The molecule has 0 atom stereocenters. The minimum atomic E-state index is -0.434. The number of rotatable bonds is 5. The summed E-state index contributed by atoms with van der Waals surface area (Å²) < 4.78 is 0. The first-order valence-electron chi connectivity index (χ1n) is 10.2. The first kappa shape index (κ1) is 21.6. The fourth-order valence-electron chi connectivity index (χ4n) is 3.43. The Balaban J connectivity index is 1.62. The van der Waals surface area contributed by atoms with Gasteiger partial charge >= 0.3 is 0 Å². The van der Waals surface area contributed by atoms with Gasteiger partial charge in [-0.3, -0.25) is 19.7 Å². The van der Waals surface area contributed by atoms with Crippen molar-refractivity contribution in [2.75, 3.05) is 10.3 Å². The Kier molecular flexibility index (Phi) is 5.96. The topological polar surface area (TPSA) is 91.7 Å². The summed E-state index contributed by atoms with van der Waals surface area (Å²) in [5, 5.41) is 8.73. The molecule has 0 saturated heterocycles. The zero-order chi connectivity index (χ0) is 22.8. The van der Waals surface area contributed by atoms with Crippen molar-refractivity contribution in [2.24, 2.45) is 5.10 Å². The van der Waals surface area contributed by atoms with Crippen LogP contribution >= 0.6 is 11.3 Å². The lowest BCUT2D eigenvalue weighted by Crippen LogP contribution is -2.36. The van der Waals surface area contributed by atoms with Gasteiger partial charge in [0.15, 0.2) is 10.9 Å². The van der Waals surface area contributed by atoms with Crippen molar-refractivity contribution in [3.63, 3.8) is 0 Å². The second-order valence-electron chi connectivity index (χ2n) is 7.62. The zero-order valence-electron chi connectivity index (χ0n) is 18.0. The Labute approximate surface area is 189 Å². The largest absolute Gasteiger partial charge is 0.297 e. The summed E-state index contributed by atoms with van der Waals surface area (Å²) in [6.07, 6.45) is 0.425. The van der Waals surface area contributed by atoms with E-state index in [1.807, 2.05) is 62.4 Å². The highest BCUT2D eigenvalue weighted by Crippen LogP contribution is 2.32. The first-order valence-corrected chi connectivity index (χ1v) is 11.0. The van der Waals surface area contributed by atoms with Gasteiger partial charge in [0.1, 0.15) is 5.71 Å². The molecule has 0 radical (unpaired) electrons. The number of hydrogen-bond donors (Lipinski definition) is 1. The highest BCUT2D eigenvalue weighted by atomic mass is 32.1. The van der Waals surface area contributed by atoms with Crippen molar-refractivity contribution < 1.29 is 14.4 Å². The molecule has 1 aliphatic rings. The fourth-order valence-corrected chi connectivity index (χ4v) is 4.30. The Hall–Kier alpha value is -3.65. The van der Waals surface area contributed by atoms with E-state index in [0.29, 0.717) is 21.4 Å². The van der Waals surface area contributed by atoms with Crippen LogP contribution in [0.4, 0.5) is 10.8 Å². The van der Waals surface area contributed by atoms with E-state index < -0.39 is 5.91 Å². The number of hydrogen-bond acceptors (Lipinski definition) is 6. The summed E-state index contributed by atoms with van der Waals surface area (Å²) in [7, 11) is 0. The number of anilines is 2. The molecule has 1 aliphatic heterocycles. The molecule has 2 amide bonds. The average molecular weight is 447 g/mol. The lowest BCUT2D eigenvalue weighted by Gasteiger charge is -2.24. The number of aryl methyl sites for hydroxylation is 2. The van der Waals surface area contributed by atoms with E-state index in [9.17, 15) is 14.4 Å². The van der Waals surface area contributed by atoms with E-state index in [-0.39, 0.29) is 30.2 Å². The van der Waals surface area contributed by atoms with Crippen molar-refractivity contribution in [1.82, 2.24) is 4.98 Å². The maximum absolute atomic E-state index is 12.9. The number of nitrogens with zero attached hydrogens (tertiary/aromatic N) is 3. The predicted octanol–water partition coefficient (Wildman–Crippen LogP) is 4.75. The van der Waals surface area contributed by atoms with Crippen molar-refractivity contribution in [3.8, 4) is 11.3 Å². The zero-order valence-corrected chi connectivity index (χ0v) is 18.8. The second kappa shape index (κ2) is 8.84. The number of thiazole rings is 1. The van der Waals surface area contributed by atoms with Gasteiger partial charge < -0.3 is 0 Å². The van der Waals surface area contributed by atoms with Crippen LogP contribution in [-0.4, -0.2) is 28.3 Å². The van der Waals surface area contributed by atoms with Crippen LogP contribution < -0.4 is 10.3 Å². The molecule has 4 rings (SSSR count). The van der Waals surface area contributed by atoms with Gasteiger partial charge in [-0.15, -0.1) is 0 Å². The number of Topliss-reactive ketones (excluding diaryl/α,β-unsaturated/α-hetero) is 1. The molecule has 0 spiro atoms. The van der Waals surface area contributed by atoms with Gasteiger partial charge in [0, 0.05) is 25.3 Å². The molecule has 2 heterocycles. The molecule has 0 saturated carbocycles. The summed E-state index contributed by atoms with van der Waals surface area (Å²) in [6, 6.07) is 15.1. The third-order valence-electron chi connectivity index (χ3n) is 5.10. The Morgan fingerprint density at radius 2 is 1.81 bits per heavy atom. The summed E-state index contributed by atoms with van der Waals surface area (Å²) in [6.45, 7) is 5.31. The van der Waals surface area contributed by atoms with Crippen LogP contribution in [0.15, 0.2) is 53.6 Å². The number of hydrazone groups is 1. The van der Waals surface area contributed by atoms with E-state index in [2.05, 4.69) is 15.4 Å². The average Bonchev–Trinajstić information content (AvgIpc) is 3.20. The Morgan fingerprint density at radius 1 is 1.06 bits per heavy atom. The smallest absolute Gasteiger partial charge is 0.273 e. The van der Waals surface area contributed by atoms with E-state index in [0.717, 1.165) is 28.0 Å². The second-order valence-corrected chi connectivity index (χ2v) is 8.61. The van der Waals surface area contributed by atoms with Gasteiger partial charge in [0.2, 0.25) is 5.91 Å². The minimum Gasteiger partial charge on any atom is -0.297 e. The summed E-state index contributed by atoms with van der Waals surface area (Å²) >= 11 is 1.13. The molecule has 0 fully saturated rings. The van der Waals surface area contributed by atoms with Gasteiger partial charge in [-0.2, -0.15) is 5.10 Å². The number of carbonyl (C=O) groups is 3. The highest BCUT2D eigenvalue weighted by molar-refractivity contribution is 7.18. The minimum absolute atomic E-state index is 0.122. The number of carbonyl (C=O) groups excluding carboxylic acids is 3. The van der Waals surface area contributed by atoms with Gasteiger partial charge in [-0.05, 0) is 31.0 Å². The molecule has 0 unspecified atom stereocenters. The molecule has 7 nitrogen and oxygen atoms in total. The predicted molar refractivity (Wildman–Crippen MR) is 126 cm³/mol. The number of ketones is 1. The lowest BCUT2D eigenvalue weighted by molar-refractivity contribution is -0.118. The molecule has 162 valence electrons. The summed E-state index contributed by atoms with van der Waals surface area (Å²) in [5.74, 6) is -0.713. The molecule has 0 aliphatic carbocycles. The van der Waals surface area contributed by atoms with E-state index >= 15 is 0 Å². The van der Waals surface area contributed by atoms with E-state index in [1.54, 1.807) is 0 Å². The van der Waals surface area contributed by atoms with Gasteiger partial charge in [-0.25, -0.2) is 9.99 Å². The van der Waals surface area contributed by atoms with Crippen molar-refractivity contribution in [3.05, 3.63) is 64.5 Å². The lowest BCUT2D eigenvalue weighted by atomic mass is 10.1.